The lowest BCUT2D eigenvalue weighted by molar-refractivity contribution is 0.649. The second-order valence-electron chi connectivity index (χ2n) is 3.44. The molecule has 82 valence electrons. The Morgan fingerprint density at radius 1 is 1.73 bits per heavy atom. The molecule has 1 aromatic heterocycles. The average Bonchev–Trinajstić information content (AvgIpc) is 2.24. The lowest BCUT2D eigenvalue weighted by Crippen LogP contribution is -2.26. The molecule has 0 radical (unpaired) electrons. The minimum Gasteiger partial charge on any atom is -0.360 e. The summed E-state index contributed by atoms with van der Waals surface area (Å²) in [5, 5.41) is 3.00. The van der Waals surface area contributed by atoms with Crippen molar-refractivity contribution in [3.05, 3.63) is 35.4 Å². The first-order valence-corrected chi connectivity index (χ1v) is 5.13. The van der Waals surface area contributed by atoms with Gasteiger partial charge in [0.1, 0.15) is 0 Å². The first kappa shape index (κ1) is 11.5. The van der Waals surface area contributed by atoms with Crippen molar-refractivity contribution in [2.24, 2.45) is 0 Å². The Morgan fingerprint density at radius 2 is 2.47 bits per heavy atom. The Balaban J connectivity index is 2.94. The van der Waals surface area contributed by atoms with E-state index in [9.17, 15) is 4.79 Å². The molecule has 0 aliphatic rings. The van der Waals surface area contributed by atoms with Crippen molar-refractivity contribution in [3.8, 4) is 0 Å². The third-order valence-corrected chi connectivity index (χ3v) is 2.10. The predicted molar refractivity (Wildman–Crippen MR) is 62.1 cm³/mol. The maximum Gasteiger partial charge on any atom is 0.293 e. The van der Waals surface area contributed by atoms with Gasteiger partial charge >= 0.3 is 0 Å². The smallest absolute Gasteiger partial charge is 0.293 e. The van der Waals surface area contributed by atoms with Gasteiger partial charge in [-0.05, 0) is 13.3 Å². The van der Waals surface area contributed by atoms with Crippen LogP contribution in [0, 0.1) is 0 Å². The number of rotatable bonds is 5. The summed E-state index contributed by atoms with van der Waals surface area (Å²) in [6.07, 6.45) is 6.00. The molecule has 1 atom stereocenters. The summed E-state index contributed by atoms with van der Waals surface area (Å²) in [4.78, 5) is 15.8. The first-order chi connectivity index (χ1) is 7.19. The molecule has 0 fully saturated rings. The molecule has 0 saturated carbocycles. The van der Waals surface area contributed by atoms with Crippen LogP contribution in [0.15, 0.2) is 29.8 Å². The van der Waals surface area contributed by atoms with Gasteiger partial charge in [0.25, 0.3) is 5.56 Å². The fourth-order valence-corrected chi connectivity index (χ4v) is 1.24. The van der Waals surface area contributed by atoms with Crippen LogP contribution >= 0.6 is 0 Å². The van der Waals surface area contributed by atoms with Gasteiger partial charge in [-0.15, -0.1) is 6.58 Å². The first-order valence-electron chi connectivity index (χ1n) is 5.13. The molecule has 0 saturated heterocycles. The number of nitrogens with one attached hydrogen (secondary N) is 1. The minimum absolute atomic E-state index is 0.0441. The zero-order chi connectivity index (χ0) is 11.3. The highest BCUT2D eigenvalue weighted by Gasteiger charge is 2.05. The van der Waals surface area contributed by atoms with E-state index in [1.54, 1.807) is 23.0 Å². The molecule has 0 amide bonds. The van der Waals surface area contributed by atoms with E-state index in [-0.39, 0.29) is 11.6 Å². The van der Waals surface area contributed by atoms with Crippen LogP contribution < -0.4 is 10.9 Å². The summed E-state index contributed by atoms with van der Waals surface area (Å²) in [7, 11) is 0. The van der Waals surface area contributed by atoms with E-state index < -0.39 is 0 Å². The normalized spacial score (nSPS) is 12.1. The molecule has 0 aromatic carbocycles. The van der Waals surface area contributed by atoms with Gasteiger partial charge in [0.05, 0.1) is 0 Å². The van der Waals surface area contributed by atoms with E-state index in [0.717, 1.165) is 13.0 Å². The van der Waals surface area contributed by atoms with Crippen molar-refractivity contribution in [1.29, 1.82) is 0 Å². The number of nitrogens with zero attached hydrogens (tertiary/aromatic N) is 2. The Bertz CT molecular complexity index is 384. The molecule has 0 bridgehead atoms. The molecule has 4 heteroatoms. The number of hydrogen-bond acceptors (Lipinski definition) is 3. The van der Waals surface area contributed by atoms with Gasteiger partial charge in [-0.25, -0.2) is 4.98 Å². The number of aromatic nitrogens is 2. The Morgan fingerprint density at radius 3 is 3.07 bits per heavy atom. The van der Waals surface area contributed by atoms with Gasteiger partial charge in [-0.1, -0.05) is 13.0 Å². The quantitative estimate of drug-likeness (QED) is 0.747. The average molecular weight is 207 g/mol. The standard InChI is InChI=1S/C11H17N3O/c1-4-7-14-8-6-12-10(11(14)15)13-9(3)5-2/h5-6,8-9H,2,4,7H2,1,3H3,(H,12,13). The van der Waals surface area contributed by atoms with Crippen molar-refractivity contribution in [2.75, 3.05) is 5.32 Å². The van der Waals surface area contributed by atoms with Gasteiger partial charge in [-0.2, -0.15) is 0 Å². The molecule has 0 spiro atoms. The van der Waals surface area contributed by atoms with E-state index in [1.807, 2.05) is 13.8 Å². The predicted octanol–water partition coefficient (Wildman–Crippen LogP) is 1.64. The van der Waals surface area contributed by atoms with E-state index in [4.69, 9.17) is 0 Å². The molecule has 1 N–H and O–H groups in total. The fraction of sp³-hybridized carbons (Fsp3) is 0.455. The van der Waals surface area contributed by atoms with E-state index in [1.165, 1.54) is 0 Å². The molecular formula is C11H17N3O. The van der Waals surface area contributed by atoms with Gasteiger partial charge in [-0.3, -0.25) is 4.79 Å². The van der Waals surface area contributed by atoms with Crippen LogP contribution in [0.5, 0.6) is 0 Å². The Kier molecular flexibility index (Phi) is 4.09. The maximum absolute atomic E-state index is 11.8. The van der Waals surface area contributed by atoms with Gasteiger partial charge in [0.15, 0.2) is 5.82 Å². The van der Waals surface area contributed by atoms with Crippen LogP contribution in [0.4, 0.5) is 5.82 Å². The highest BCUT2D eigenvalue weighted by atomic mass is 16.1. The molecule has 15 heavy (non-hydrogen) atoms. The Hall–Kier alpha value is -1.58. The van der Waals surface area contributed by atoms with Crippen LogP contribution in [0.2, 0.25) is 0 Å². The van der Waals surface area contributed by atoms with Crippen molar-refractivity contribution < 1.29 is 0 Å². The van der Waals surface area contributed by atoms with Crippen molar-refractivity contribution in [2.45, 2.75) is 32.9 Å². The minimum atomic E-state index is -0.0759. The van der Waals surface area contributed by atoms with E-state index >= 15 is 0 Å². The third-order valence-electron chi connectivity index (χ3n) is 2.10. The van der Waals surface area contributed by atoms with E-state index in [2.05, 4.69) is 16.9 Å². The highest BCUT2D eigenvalue weighted by molar-refractivity contribution is 5.33. The largest absolute Gasteiger partial charge is 0.360 e. The van der Waals surface area contributed by atoms with Crippen molar-refractivity contribution in [1.82, 2.24) is 9.55 Å². The zero-order valence-electron chi connectivity index (χ0n) is 9.23. The van der Waals surface area contributed by atoms with E-state index in [0.29, 0.717) is 5.82 Å². The topological polar surface area (TPSA) is 46.9 Å². The van der Waals surface area contributed by atoms with Crippen LogP contribution in [0.3, 0.4) is 0 Å². The summed E-state index contributed by atoms with van der Waals surface area (Å²) < 4.78 is 1.66. The monoisotopic (exact) mass is 207 g/mol. The molecule has 1 unspecified atom stereocenters. The molecular weight excluding hydrogens is 190 g/mol. The lowest BCUT2D eigenvalue weighted by atomic mass is 10.3. The second-order valence-corrected chi connectivity index (χ2v) is 3.44. The second kappa shape index (κ2) is 5.34. The summed E-state index contributed by atoms with van der Waals surface area (Å²) >= 11 is 0. The van der Waals surface area contributed by atoms with Crippen molar-refractivity contribution >= 4 is 5.82 Å². The molecule has 0 aliphatic heterocycles. The molecule has 1 heterocycles. The molecule has 1 rings (SSSR count). The van der Waals surface area contributed by atoms with Gasteiger partial charge < -0.3 is 9.88 Å². The SMILES string of the molecule is C=CC(C)Nc1nccn(CCC)c1=O. The summed E-state index contributed by atoms with van der Waals surface area (Å²) in [5.41, 5.74) is -0.0759. The summed E-state index contributed by atoms with van der Waals surface area (Å²) in [6, 6.07) is 0.0441. The molecule has 0 aliphatic carbocycles. The van der Waals surface area contributed by atoms with Crippen molar-refractivity contribution in [3.63, 3.8) is 0 Å². The van der Waals surface area contributed by atoms with Gasteiger partial charge in [0.2, 0.25) is 0 Å². The fourth-order valence-electron chi connectivity index (χ4n) is 1.24. The number of aryl methyl sites for hydroxylation is 1. The van der Waals surface area contributed by atoms with Crippen LogP contribution in [0.1, 0.15) is 20.3 Å². The zero-order valence-corrected chi connectivity index (χ0v) is 9.23. The molecule has 4 nitrogen and oxygen atoms in total. The van der Waals surface area contributed by atoms with Crippen LogP contribution in [-0.4, -0.2) is 15.6 Å². The third kappa shape index (κ3) is 2.94. The lowest BCUT2D eigenvalue weighted by Gasteiger charge is -2.10. The number of anilines is 1. The van der Waals surface area contributed by atoms with Crippen LogP contribution in [0.25, 0.3) is 0 Å². The summed E-state index contributed by atoms with van der Waals surface area (Å²) in [5.74, 6) is 0.387. The number of hydrogen-bond donors (Lipinski definition) is 1. The maximum atomic E-state index is 11.8. The Labute approximate surface area is 89.7 Å². The summed E-state index contributed by atoms with van der Waals surface area (Å²) in [6.45, 7) is 8.32. The van der Waals surface area contributed by atoms with Gasteiger partial charge in [0, 0.05) is 25.0 Å². The highest BCUT2D eigenvalue weighted by Crippen LogP contribution is 1.97. The molecule has 1 aromatic rings. The van der Waals surface area contributed by atoms with Crippen LogP contribution in [-0.2, 0) is 6.54 Å².